The molecule has 0 aliphatic heterocycles. The SMILES string of the molecule is CNc1cccc(-c2ccnc3[nH]c4ccccc4c23)c1. The van der Waals surface area contributed by atoms with E-state index in [9.17, 15) is 0 Å². The molecular formula is C18H15N3. The molecule has 0 atom stereocenters. The molecule has 0 spiro atoms. The lowest BCUT2D eigenvalue weighted by molar-refractivity contribution is 1.35. The first kappa shape index (κ1) is 12.0. The maximum Gasteiger partial charge on any atom is 0.138 e. The van der Waals surface area contributed by atoms with Crippen molar-refractivity contribution in [1.82, 2.24) is 9.97 Å². The van der Waals surface area contributed by atoms with E-state index in [1.807, 2.05) is 19.3 Å². The molecule has 0 amide bonds. The molecule has 4 aromatic rings. The third-order valence-corrected chi connectivity index (χ3v) is 3.86. The van der Waals surface area contributed by atoms with E-state index in [1.54, 1.807) is 0 Å². The zero-order valence-electron chi connectivity index (χ0n) is 11.7. The Morgan fingerprint density at radius 2 is 1.90 bits per heavy atom. The second-order valence-electron chi connectivity index (χ2n) is 5.08. The van der Waals surface area contributed by atoms with Crippen molar-refractivity contribution >= 4 is 27.6 Å². The van der Waals surface area contributed by atoms with Crippen LogP contribution in [-0.2, 0) is 0 Å². The van der Waals surface area contributed by atoms with Gasteiger partial charge in [-0.1, -0.05) is 30.3 Å². The van der Waals surface area contributed by atoms with Crippen LogP contribution >= 0.6 is 0 Å². The van der Waals surface area contributed by atoms with Gasteiger partial charge in [-0.25, -0.2) is 4.98 Å². The van der Waals surface area contributed by atoms with Crippen LogP contribution < -0.4 is 5.32 Å². The summed E-state index contributed by atoms with van der Waals surface area (Å²) in [5.74, 6) is 0. The topological polar surface area (TPSA) is 40.7 Å². The van der Waals surface area contributed by atoms with E-state index in [4.69, 9.17) is 0 Å². The van der Waals surface area contributed by atoms with E-state index in [0.717, 1.165) is 16.9 Å². The Morgan fingerprint density at radius 3 is 2.81 bits per heavy atom. The van der Waals surface area contributed by atoms with Gasteiger partial charge in [0, 0.05) is 35.2 Å². The van der Waals surface area contributed by atoms with Gasteiger partial charge in [0.05, 0.1) is 0 Å². The number of H-pyrrole nitrogens is 1. The summed E-state index contributed by atoms with van der Waals surface area (Å²) in [6, 6.07) is 18.9. The standard InChI is InChI=1S/C18H15N3/c1-19-13-6-4-5-12(11-13)14-9-10-20-18-17(14)15-7-2-3-8-16(15)21-18/h2-11,19H,1H3,(H,20,21). The van der Waals surface area contributed by atoms with Crippen molar-refractivity contribution in [1.29, 1.82) is 0 Å². The molecule has 4 rings (SSSR count). The third kappa shape index (κ3) is 1.86. The van der Waals surface area contributed by atoms with Crippen molar-refractivity contribution in [2.75, 3.05) is 12.4 Å². The number of nitrogens with zero attached hydrogens (tertiary/aromatic N) is 1. The Kier molecular flexibility index (Phi) is 2.64. The molecule has 0 saturated heterocycles. The van der Waals surface area contributed by atoms with Crippen LogP contribution in [0.5, 0.6) is 0 Å². The van der Waals surface area contributed by atoms with Gasteiger partial charge < -0.3 is 10.3 Å². The van der Waals surface area contributed by atoms with Crippen LogP contribution in [-0.4, -0.2) is 17.0 Å². The van der Waals surface area contributed by atoms with Gasteiger partial charge in [0.1, 0.15) is 5.65 Å². The summed E-state index contributed by atoms with van der Waals surface area (Å²) in [6.45, 7) is 0. The zero-order valence-corrected chi connectivity index (χ0v) is 11.7. The van der Waals surface area contributed by atoms with Crippen LogP contribution in [0.2, 0.25) is 0 Å². The van der Waals surface area contributed by atoms with E-state index in [-0.39, 0.29) is 0 Å². The molecule has 21 heavy (non-hydrogen) atoms. The summed E-state index contributed by atoms with van der Waals surface area (Å²) in [5.41, 5.74) is 5.56. The maximum absolute atomic E-state index is 4.48. The van der Waals surface area contributed by atoms with Gasteiger partial charge in [-0.05, 0) is 35.4 Å². The normalized spacial score (nSPS) is 11.1. The van der Waals surface area contributed by atoms with E-state index in [0.29, 0.717) is 0 Å². The number of para-hydroxylation sites is 1. The average Bonchev–Trinajstić information content (AvgIpc) is 2.93. The number of rotatable bonds is 2. The zero-order chi connectivity index (χ0) is 14.2. The van der Waals surface area contributed by atoms with Crippen LogP contribution in [0.1, 0.15) is 0 Å². The summed E-state index contributed by atoms with van der Waals surface area (Å²) in [5, 5.41) is 5.59. The molecule has 3 heteroatoms. The van der Waals surface area contributed by atoms with Crippen LogP contribution in [0.25, 0.3) is 33.1 Å². The van der Waals surface area contributed by atoms with Gasteiger partial charge in [0.2, 0.25) is 0 Å². The maximum atomic E-state index is 4.48. The molecule has 0 unspecified atom stereocenters. The van der Waals surface area contributed by atoms with Crippen molar-refractivity contribution in [3.05, 3.63) is 60.8 Å². The van der Waals surface area contributed by atoms with Gasteiger partial charge in [-0.15, -0.1) is 0 Å². The molecule has 2 aromatic carbocycles. The summed E-state index contributed by atoms with van der Waals surface area (Å²) < 4.78 is 0. The lowest BCUT2D eigenvalue weighted by Crippen LogP contribution is -1.88. The number of aromatic nitrogens is 2. The second kappa shape index (κ2) is 4.63. The first-order valence-corrected chi connectivity index (χ1v) is 7.00. The lowest BCUT2D eigenvalue weighted by atomic mass is 10.0. The second-order valence-corrected chi connectivity index (χ2v) is 5.08. The van der Waals surface area contributed by atoms with Crippen molar-refractivity contribution in [3.8, 4) is 11.1 Å². The van der Waals surface area contributed by atoms with Crippen LogP contribution in [0.15, 0.2) is 60.8 Å². The first-order valence-electron chi connectivity index (χ1n) is 7.00. The predicted molar refractivity (Wildman–Crippen MR) is 88.6 cm³/mol. The largest absolute Gasteiger partial charge is 0.388 e. The minimum atomic E-state index is 0.934. The Hall–Kier alpha value is -2.81. The van der Waals surface area contributed by atoms with E-state index in [2.05, 4.69) is 63.8 Å². The number of fused-ring (bicyclic) bond motifs is 3. The fourth-order valence-corrected chi connectivity index (χ4v) is 2.85. The molecule has 0 aliphatic rings. The number of hydrogen-bond acceptors (Lipinski definition) is 2. The monoisotopic (exact) mass is 273 g/mol. The smallest absolute Gasteiger partial charge is 0.138 e. The summed E-state index contributed by atoms with van der Waals surface area (Å²) in [7, 11) is 1.94. The summed E-state index contributed by atoms with van der Waals surface area (Å²) in [6.07, 6.45) is 1.86. The van der Waals surface area contributed by atoms with Gasteiger partial charge in [0.15, 0.2) is 0 Å². The number of pyridine rings is 1. The van der Waals surface area contributed by atoms with Crippen LogP contribution in [0, 0.1) is 0 Å². The Morgan fingerprint density at radius 1 is 1.00 bits per heavy atom. The van der Waals surface area contributed by atoms with Crippen LogP contribution in [0.3, 0.4) is 0 Å². The van der Waals surface area contributed by atoms with E-state index < -0.39 is 0 Å². The van der Waals surface area contributed by atoms with Crippen molar-refractivity contribution in [2.24, 2.45) is 0 Å². The van der Waals surface area contributed by atoms with E-state index >= 15 is 0 Å². The highest BCUT2D eigenvalue weighted by atomic mass is 14.8. The van der Waals surface area contributed by atoms with Crippen molar-refractivity contribution < 1.29 is 0 Å². The van der Waals surface area contributed by atoms with Crippen LogP contribution in [0.4, 0.5) is 5.69 Å². The highest BCUT2D eigenvalue weighted by Gasteiger charge is 2.10. The summed E-state index contributed by atoms with van der Waals surface area (Å²) >= 11 is 0. The Labute approximate surface area is 122 Å². The molecule has 0 bridgehead atoms. The number of anilines is 1. The molecule has 0 fully saturated rings. The fourth-order valence-electron chi connectivity index (χ4n) is 2.85. The molecular weight excluding hydrogens is 258 g/mol. The highest BCUT2D eigenvalue weighted by molar-refractivity contribution is 6.12. The quantitative estimate of drug-likeness (QED) is 0.567. The number of aromatic amines is 1. The minimum Gasteiger partial charge on any atom is -0.388 e. The fraction of sp³-hybridized carbons (Fsp3) is 0.0556. The molecule has 2 heterocycles. The summed E-state index contributed by atoms with van der Waals surface area (Å²) in [4.78, 5) is 7.87. The third-order valence-electron chi connectivity index (χ3n) is 3.86. The number of nitrogens with one attached hydrogen (secondary N) is 2. The molecule has 2 aromatic heterocycles. The minimum absolute atomic E-state index is 0.934. The van der Waals surface area contributed by atoms with E-state index in [1.165, 1.54) is 21.9 Å². The molecule has 102 valence electrons. The Balaban J connectivity index is 2.08. The Bertz CT molecular complexity index is 937. The van der Waals surface area contributed by atoms with Gasteiger partial charge in [0.25, 0.3) is 0 Å². The van der Waals surface area contributed by atoms with Crippen molar-refractivity contribution in [3.63, 3.8) is 0 Å². The first-order chi connectivity index (χ1) is 10.4. The van der Waals surface area contributed by atoms with Gasteiger partial charge in [-0.2, -0.15) is 0 Å². The van der Waals surface area contributed by atoms with Gasteiger partial charge in [-0.3, -0.25) is 0 Å². The number of hydrogen-bond donors (Lipinski definition) is 2. The molecule has 2 N–H and O–H groups in total. The highest BCUT2D eigenvalue weighted by Crippen LogP contribution is 2.34. The number of benzene rings is 2. The van der Waals surface area contributed by atoms with Crippen molar-refractivity contribution in [2.45, 2.75) is 0 Å². The lowest BCUT2D eigenvalue weighted by Gasteiger charge is -2.06. The molecule has 0 saturated carbocycles. The predicted octanol–water partition coefficient (Wildman–Crippen LogP) is 4.42. The average molecular weight is 273 g/mol. The molecule has 0 radical (unpaired) electrons. The molecule has 3 nitrogen and oxygen atoms in total. The van der Waals surface area contributed by atoms with Gasteiger partial charge >= 0.3 is 0 Å². The molecule has 0 aliphatic carbocycles.